The van der Waals surface area contributed by atoms with Crippen molar-refractivity contribution < 1.29 is 19.4 Å². The van der Waals surface area contributed by atoms with Crippen molar-refractivity contribution in [2.24, 2.45) is 5.92 Å². The molecule has 0 saturated carbocycles. The number of para-hydroxylation sites is 2. The van der Waals surface area contributed by atoms with Crippen molar-refractivity contribution in [3.63, 3.8) is 0 Å². The number of aryl methyl sites for hydroxylation is 2. The maximum Gasteiger partial charge on any atom is 0.209 e. The van der Waals surface area contributed by atoms with Gasteiger partial charge >= 0.3 is 0 Å². The van der Waals surface area contributed by atoms with Gasteiger partial charge in [0.2, 0.25) is 6.41 Å². The highest BCUT2D eigenvalue weighted by Crippen LogP contribution is 2.44. The van der Waals surface area contributed by atoms with Crippen LogP contribution in [-0.2, 0) is 15.1 Å². The summed E-state index contributed by atoms with van der Waals surface area (Å²) in [6.45, 7) is 6.04. The lowest BCUT2D eigenvalue weighted by molar-refractivity contribution is -0.123. The largest absolute Gasteiger partial charge is 0.456 e. The molecule has 2 aromatic rings. The molecule has 1 N–H and O–H groups in total. The highest BCUT2D eigenvalue weighted by atomic mass is 16.5. The van der Waals surface area contributed by atoms with Crippen LogP contribution in [0.1, 0.15) is 48.8 Å². The van der Waals surface area contributed by atoms with Gasteiger partial charge in [-0.1, -0.05) is 36.4 Å². The predicted molar refractivity (Wildman–Crippen MR) is 122 cm³/mol. The Morgan fingerprint density at radius 3 is 2.58 bits per heavy atom. The van der Waals surface area contributed by atoms with Crippen LogP contribution in [0.5, 0.6) is 11.5 Å². The molecular weight excluding hydrogens is 390 g/mol. The molecule has 168 valence electrons. The molecule has 5 heteroatoms. The van der Waals surface area contributed by atoms with Crippen molar-refractivity contribution in [2.75, 3.05) is 26.8 Å². The van der Waals surface area contributed by atoms with E-state index in [1.54, 1.807) is 12.0 Å². The van der Waals surface area contributed by atoms with Crippen molar-refractivity contribution in [2.45, 2.75) is 51.6 Å². The van der Waals surface area contributed by atoms with Gasteiger partial charge in [-0.3, -0.25) is 4.79 Å². The fraction of sp³-hybridized carbons (Fsp3) is 0.500. The van der Waals surface area contributed by atoms with Gasteiger partial charge < -0.3 is 19.5 Å². The van der Waals surface area contributed by atoms with E-state index < -0.39 is 5.60 Å². The van der Waals surface area contributed by atoms with Crippen LogP contribution in [0.4, 0.5) is 0 Å². The van der Waals surface area contributed by atoms with Crippen LogP contribution in [0.15, 0.2) is 42.5 Å². The Morgan fingerprint density at radius 2 is 1.87 bits per heavy atom. The third-order valence-corrected chi connectivity index (χ3v) is 6.41. The fourth-order valence-corrected chi connectivity index (χ4v) is 4.67. The van der Waals surface area contributed by atoms with E-state index in [9.17, 15) is 9.90 Å². The van der Waals surface area contributed by atoms with Gasteiger partial charge in [-0.25, -0.2) is 0 Å². The smallest absolute Gasteiger partial charge is 0.209 e. The second kappa shape index (κ2) is 10.8. The Hall–Kier alpha value is -2.37. The number of hydrogen-bond acceptors (Lipinski definition) is 4. The molecule has 2 atom stereocenters. The molecule has 3 rings (SSSR count). The SMILES string of the molecule is COCCCC[C@@](O)(c1ccccc1Oc1c(C)cccc1C)[C@@H]1CCCN(C=O)C1. The Bertz CT molecular complexity index is 848. The van der Waals surface area contributed by atoms with Crippen molar-refractivity contribution >= 4 is 6.41 Å². The number of ether oxygens (including phenoxy) is 2. The lowest BCUT2D eigenvalue weighted by atomic mass is 9.74. The van der Waals surface area contributed by atoms with E-state index in [0.717, 1.165) is 61.1 Å². The molecule has 1 fully saturated rings. The summed E-state index contributed by atoms with van der Waals surface area (Å²) in [5.74, 6) is 1.46. The third kappa shape index (κ3) is 5.46. The van der Waals surface area contributed by atoms with Gasteiger partial charge in [0.05, 0.1) is 5.60 Å². The zero-order valence-electron chi connectivity index (χ0n) is 19.0. The normalized spacial score (nSPS) is 18.5. The summed E-state index contributed by atoms with van der Waals surface area (Å²) in [6.07, 6.45) is 4.98. The number of rotatable bonds is 10. The summed E-state index contributed by atoms with van der Waals surface area (Å²) < 4.78 is 11.6. The van der Waals surface area contributed by atoms with Crippen LogP contribution in [0.3, 0.4) is 0 Å². The second-order valence-corrected chi connectivity index (χ2v) is 8.63. The average Bonchev–Trinajstić information content (AvgIpc) is 2.79. The van der Waals surface area contributed by atoms with Crippen LogP contribution in [-0.4, -0.2) is 43.2 Å². The number of likely N-dealkylation sites (tertiary alicyclic amines) is 1. The molecule has 1 heterocycles. The first kappa shape index (κ1) is 23.3. The average molecular weight is 426 g/mol. The van der Waals surface area contributed by atoms with Crippen LogP contribution >= 0.6 is 0 Å². The molecular formula is C26H35NO4. The van der Waals surface area contributed by atoms with E-state index >= 15 is 0 Å². The number of benzene rings is 2. The Morgan fingerprint density at radius 1 is 1.13 bits per heavy atom. The van der Waals surface area contributed by atoms with Crippen LogP contribution in [0, 0.1) is 19.8 Å². The van der Waals surface area contributed by atoms with Crippen LogP contribution < -0.4 is 4.74 Å². The van der Waals surface area contributed by atoms with Gasteiger partial charge in [0.1, 0.15) is 11.5 Å². The first-order valence-corrected chi connectivity index (χ1v) is 11.2. The van der Waals surface area contributed by atoms with Crippen LogP contribution in [0.25, 0.3) is 0 Å². The van der Waals surface area contributed by atoms with Crippen molar-refractivity contribution in [3.05, 3.63) is 59.2 Å². The third-order valence-electron chi connectivity index (χ3n) is 6.41. The minimum Gasteiger partial charge on any atom is -0.456 e. The van der Waals surface area contributed by atoms with E-state index in [4.69, 9.17) is 9.47 Å². The summed E-state index contributed by atoms with van der Waals surface area (Å²) in [5, 5.41) is 12.2. The molecule has 0 radical (unpaired) electrons. The molecule has 0 aromatic heterocycles. The number of nitrogens with zero attached hydrogens (tertiary/aromatic N) is 1. The van der Waals surface area contributed by atoms with Gasteiger partial charge in [0.25, 0.3) is 0 Å². The van der Waals surface area contributed by atoms with E-state index in [0.29, 0.717) is 25.3 Å². The number of carbonyl (C=O) groups is 1. The molecule has 0 bridgehead atoms. The Labute approximate surface area is 186 Å². The molecule has 0 aliphatic carbocycles. The number of aliphatic hydroxyl groups is 1. The molecule has 1 aliphatic heterocycles. The zero-order valence-corrected chi connectivity index (χ0v) is 19.0. The van der Waals surface area contributed by atoms with Crippen molar-refractivity contribution in [1.29, 1.82) is 0 Å². The summed E-state index contributed by atoms with van der Waals surface area (Å²) in [6, 6.07) is 13.9. The summed E-state index contributed by atoms with van der Waals surface area (Å²) in [5.41, 5.74) is 1.84. The topological polar surface area (TPSA) is 59.0 Å². The second-order valence-electron chi connectivity index (χ2n) is 8.63. The highest BCUT2D eigenvalue weighted by molar-refractivity contribution is 5.48. The standard InChI is InChI=1S/C26H35NO4/c1-20-10-8-11-21(2)25(20)31-24-14-5-4-13-23(24)26(29,15-6-7-17-30-3)22-12-9-16-27(18-22)19-28/h4-5,8,10-11,13-14,19,22,29H,6-7,9,12,15-18H2,1-3H3/t22-,26+/m1/s1. The van der Waals surface area contributed by atoms with Gasteiger partial charge in [0, 0.05) is 38.3 Å². The Balaban J connectivity index is 1.97. The van der Waals surface area contributed by atoms with Gasteiger partial charge in [-0.05, 0) is 63.1 Å². The molecule has 1 saturated heterocycles. The molecule has 1 amide bonds. The van der Waals surface area contributed by atoms with E-state index in [2.05, 4.69) is 0 Å². The van der Waals surface area contributed by atoms with Gasteiger partial charge in [0.15, 0.2) is 0 Å². The number of unbranched alkanes of at least 4 members (excludes halogenated alkanes) is 1. The first-order chi connectivity index (χ1) is 15.0. The van der Waals surface area contributed by atoms with Crippen molar-refractivity contribution in [1.82, 2.24) is 4.90 Å². The summed E-state index contributed by atoms with van der Waals surface area (Å²) >= 11 is 0. The number of piperidine rings is 1. The summed E-state index contributed by atoms with van der Waals surface area (Å²) in [7, 11) is 1.70. The molecule has 0 unspecified atom stereocenters. The molecule has 31 heavy (non-hydrogen) atoms. The van der Waals surface area contributed by atoms with Crippen molar-refractivity contribution in [3.8, 4) is 11.5 Å². The van der Waals surface area contributed by atoms with Gasteiger partial charge in [-0.2, -0.15) is 0 Å². The zero-order chi connectivity index (χ0) is 22.3. The fourth-order valence-electron chi connectivity index (χ4n) is 4.67. The minimum absolute atomic E-state index is 0.0447. The minimum atomic E-state index is -1.08. The maximum absolute atomic E-state index is 12.2. The molecule has 1 aliphatic rings. The highest BCUT2D eigenvalue weighted by Gasteiger charge is 2.42. The van der Waals surface area contributed by atoms with Crippen LogP contribution in [0.2, 0.25) is 0 Å². The molecule has 5 nitrogen and oxygen atoms in total. The van der Waals surface area contributed by atoms with Gasteiger partial charge in [-0.15, -0.1) is 0 Å². The van der Waals surface area contributed by atoms with E-state index in [-0.39, 0.29) is 5.92 Å². The van der Waals surface area contributed by atoms with E-state index in [1.165, 1.54) is 0 Å². The molecule has 2 aromatic carbocycles. The quantitative estimate of drug-likeness (QED) is 0.431. The number of carbonyl (C=O) groups excluding carboxylic acids is 1. The molecule has 0 spiro atoms. The first-order valence-electron chi connectivity index (χ1n) is 11.2. The summed E-state index contributed by atoms with van der Waals surface area (Å²) in [4.78, 5) is 13.2. The predicted octanol–water partition coefficient (Wildman–Crippen LogP) is 4.97. The number of amides is 1. The number of methoxy groups -OCH3 is 1. The number of hydrogen-bond donors (Lipinski definition) is 1. The lowest BCUT2D eigenvalue weighted by Crippen LogP contribution is -2.46. The van der Waals surface area contributed by atoms with E-state index in [1.807, 2.05) is 56.3 Å². The lowest BCUT2D eigenvalue weighted by Gasteiger charge is -2.42. The monoisotopic (exact) mass is 425 g/mol. The maximum atomic E-state index is 12.2. The Kier molecular flexibility index (Phi) is 8.10.